The summed E-state index contributed by atoms with van der Waals surface area (Å²) in [4.78, 5) is 54.4. The molecular weight excluding hydrogens is 467 g/mol. The fraction of sp³-hybridized carbons (Fsp3) is 0.360. The number of carbonyl (C=O) groups excluding carboxylic acids is 4. The molecule has 10 nitrogen and oxygen atoms in total. The number of amides is 5. The number of urea groups is 1. The third-order valence-corrected chi connectivity index (χ3v) is 6.43. The molecule has 190 valence electrons. The van der Waals surface area contributed by atoms with Gasteiger partial charge in [-0.2, -0.15) is 5.01 Å². The van der Waals surface area contributed by atoms with Crippen molar-refractivity contribution in [1.29, 1.82) is 0 Å². The van der Waals surface area contributed by atoms with Gasteiger partial charge >= 0.3 is 6.03 Å². The highest BCUT2D eigenvalue weighted by Gasteiger charge is 2.52. The fourth-order valence-corrected chi connectivity index (χ4v) is 4.48. The molecule has 0 radical (unpaired) electrons. The Morgan fingerprint density at radius 2 is 1.58 bits per heavy atom. The normalized spacial score (nSPS) is 20.8. The second-order valence-electron chi connectivity index (χ2n) is 8.84. The molecule has 0 unspecified atom stereocenters. The van der Waals surface area contributed by atoms with Gasteiger partial charge in [-0.25, -0.2) is 9.18 Å². The molecule has 3 N–H and O–H groups in total. The van der Waals surface area contributed by atoms with Gasteiger partial charge in [-0.1, -0.05) is 43.3 Å². The van der Waals surface area contributed by atoms with Gasteiger partial charge in [0.25, 0.3) is 11.8 Å². The molecule has 0 aliphatic carbocycles. The molecule has 2 aliphatic rings. The lowest BCUT2D eigenvalue weighted by molar-refractivity contribution is -0.140. The Balaban J connectivity index is 1.25. The Kier molecular flexibility index (Phi) is 7.61. The molecule has 1 atom stereocenters. The number of anilines is 1. The van der Waals surface area contributed by atoms with Crippen LogP contribution in [0.5, 0.6) is 0 Å². The molecule has 0 bridgehead atoms. The van der Waals surface area contributed by atoms with Crippen LogP contribution in [0.25, 0.3) is 0 Å². The van der Waals surface area contributed by atoms with Gasteiger partial charge in [0.2, 0.25) is 5.91 Å². The summed E-state index contributed by atoms with van der Waals surface area (Å²) < 4.78 is 13.3. The van der Waals surface area contributed by atoms with Gasteiger partial charge < -0.3 is 10.6 Å². The zero-order chi connectivity index (χ0) is 25.7. The third kappa shape index (κ3) is 5.52. The Morgan fingerprint density at radius 1 is 0.944 bits per heavy atom. The maximum atomic E-state index is 13.3. The highest BCUT2D eigenvalue weighted by atomic mass is 19.1. The van der Waals surface area contributed by atoms with Crippen LogP contribution in [-0.4, -0.2) is 77.8 Å². The van der Waals surface area contributed by atoms with Crippen molar-refractivity contribution >= 4 is 29.4 Å². The topological polar surface area (TPSA) is 114 Å². The lowest BCUT2D eigenvalue weighted by atomic mass is 9.87. The summed E-state index contributed by atoms with van der Waals surface area (Å²) in [6.07, 6.45) is 0.336. The van der Waals surface area contributed by atoms with Gasteiger partial charge in [0, 0.05) is 31.9 Å². The molecule has 36 heavy (non-hydrogen) atoms. The minimum absolute atomic E-state index is 0.00481. The summed E-state index contributed by atoms with van der Waals surface area (Å²) in [6, 6.07) is 14.0. The van der Waals surface area contributed by atoms with E-state index in [0.717, 1.165) is 5.01 Å². The van der Waals surface area contributed by atoms with Crippen LogP contribution in [0.15, 0.2) is 54.6 Å². The number of rotatable bonds is 8. The van der Waals surface area contributed by atoms with Crippen molar-refractivity contribution in [3.63, 3.8) is 0 Å². The summed E-state index contributed by atoms with van der Waals surface area (Å²) in [7, 11) is 0. The SMILES string of the molecule is CC[C@@]1(c2ccccc2)NC(=O)N(NC(=O)CN2CCN(CC(=O)Nc3cccc(F)c3)CC2)C1=O. The summed E-state index contributed by atoms with van der Waals surface area (Å²) in [6.45, 7) is 4.13. The average molecular weight is 497 g/mol. The predicted molar refractivity (Wildman–Crippen MR) is 130 cm³/mol. The smallest absolute Gasteiger partial charge is 0.325 e. The molecule has 0 aromatic heterocycles. The predicted octanol–water partition coefficient (Wildman–Crippen LogP) is 1.27. The third-order valence-electron chi connectivity index (χ3n) is 6.43. The zero-order valence-electron chi connectivity index (χ0n) is 20.0. The molecule has 2 aromatic carbocycles. The van der Waals surface area contributed by atoms with Gasteiger partial charge in [-0.05, 0) is 30.2 Å². The molecule has 2 fully saturated rings. The number of halogens is 1. The highest BCUT2D eigenvalue weighted by Crippen LogP contribution is 2.31. The fourth-order valence-electron chi connectivity index (χ4n) is 4.48. The maximum Gasteiger partial charge on any atom is 0.344 e. The molecule has 0 spiro atoms. The molecule has 11 heteroatoms. The monoisotopic (exact) mass is 496 g/mol. The van der Waals surface area contributed by atoms with Crippen molar-refractivity contribution in [2.45, 2.75) is 18.9 Å². The maximum absolute atomic E-state index is 13.3. The molecule has 2 saturated heterocycles. The van der Waals surface area contributed by atoms with Crippen molar-refractivity contribution < 1.29 is 23.6 Å². The quantitative estimate of drug-likeness (QED) is 0.475. The lowest BCUT2D eigenvalue weighted by Crippen LogP contribution is -2.54. The van der Waals surface area contributed by atoms with E-state index in [4.69, 9.17) is 0 Å². The number of carbonyl (C=O) groups is 4. The van der Waals surface area contributed by atoms with Crippen LogP contribution in [0.3, 0.4) is 0 Å². The highest BCUT2D eigenvalue weighted by molar-refractivity contribution is 6.08. The average Bonchev–Trinajstić information content (AvgIpc) is 3.11. The van der Waals surface area contributed by atoms with Crippen molar-refractivity contribution in [2.24, 2.45) is 0 Å². The second kappa shape index (κ2) is 10.8. The van der Waals surface area contributed by atoms with E-state index < -0.39 is 29.2 Å². The first kappa shape index (κ1) is 25.3. The number of imide groups is 1. The number of piperazine rings is 1. The van der Waals surface area contributed by atoms with Gasteiger partial charge in [-0.3, -0.25) is 29.6 Å². The Morgan fingerprint density at radius 3 is 2.19 bits per heavy atom. The zero-order valence-corrected chi connectivity index (χ0v) is 20.0. The standard InChI is InChI=1S/C25H29FN6O4/c1-2-25(18-7-4-3-5-8-18)23(35)32(24(36)28-25)29-22(34)17-31-13-11-30(12-14-31)16-21(33)27-20-10-6-9-19(26)15-20/h3-10,15H,2,11-14,16-17H2,1H3,(H,27,33)(H,28,36)(H,29,34)/t25-/m0/s1. The molecule has 2 aromatic rings. The van der Waals surface area contributed by atoms with Crippen LogP contribution in [0.2, 0.25) is 0 Å². The number of nitrogens with zero attached hydrogens (tertiary/aromatic N) is 3. The number of nitrogens with one attached hydrogen (secondary N) is 3. The van der Waals surface area contributed by atoms with E-state index in [1.165, 1.54) is 18.2 Å². The Hall–Kier alpha value is -3.83. The van der Waals surface area contributed by atoms with Crippen molar-refractivity contribution in [1.82, 2.24) is 25.6 Å². The number of hydrazine groups is 1. The van der Waals surface area contributed by atoms with E-state index in [1.54, 1.807) is 37.3 Å². The number of benzene rings is 2. The lowest BCUT2D eigenvalue weighted by Gasteiger charge is -2.34. The van der Waals surface area contributed by atoms with Gasteiger partial charge in [-0.15, -0.1) is 0 Å². The summed E-state index contributed by atoms with van der Waals surface area (Å²) in [5.74, 6) is -1.67. The largest absolute Gasteiger partial charge is 0.344 e. The molecular formula is C25H29FN6O4. The van der Waals surface area contributed by atoms with Crippen molar-refractivity contribution in [3.8, 4) is 0 Å². The first-order valence-electron chi connectivity index (χ1n) is 11.8. The van der Waals surface area contributed by atoms with E-state index in [1.807, 2.05) is 15.9 Å². The molecule has 4 rings (SSSR count). The molecule has 2 heterocycles. The van der Waals surface area contributed by atoms with Crippen molar-refractivity contribution in [2.75, 3.05) is 44.6 Å². The van der Waals surface area contributed by atoms with Gasteiger partial charge in [0.05, 0.1) is 13.1 Å². The molecule has 5 amide bonds. The first-order chi connectivity index (χ1) is 17.3. The minimum atomic E-state index is -1.22. The molecule has 2 aliphatic heterocycles. The van der Waals surface area contributed by atoms with Crippen LogP contribution in [0.1, 0.15) is 18.9 Å². The first-order valence-corrected chi connectivity index (χ1v) is 11.8. The Bertz CT molecular complexity index is 1140. The van der Waals surface area contributed by atoms with Crippen LogP contribution in [0.4, 0.5) is 14.9 Å². The van der Waals surface area contributed by atoms with Crippen LogP contribution in [-0.2, 0) is 19.9 Å². The van der Waals surface area contributed by atoms with E-state index in [-0.39, 0.29) is 19.0 Å². The van der Waals surface area contributed by atoms with E-state index in [0.29, 0.717) is 43.9 Å². The van der Waals surface area contributed by atoms with E-state index in [9.17, 15) is 23.6 Å². The van der Waals surface area contributed by atoms with Crippen LogP contribution >= 0.6 is 0 Å². The number of hydrogen-bond donors (Lipinski definition) is 3. The number of hydrogen-bond acceptors (Lipinski definition) is 6. The summed E-state index contributed by atoms with van der Waals surface area (Å²) >= 11 is 0. The van der Waals surface area contributed by atoms with E-state index >= 15 is 0 Å². The molecule has 0 saturated carbocycles. The second-order valence-corrected chi connectivity index (χ2v) is 8.84. The van der Waals surface area contributed by atoms with Crippen LogP contribution in [0, 0.1) is 5.82 Å². The van der Waals surface area contributed by atoms with E-state index in [2.05, 4.69) is 16.1 Å². The van der Waals surface area contributed by atoms with Crippen molar-refractivity contribution in [3.05, 3.63) is 66.0 Å². The van der Waals surface area contributed by atoms with Gasteiger partial charge in [0.15, 0.2) is 0 Å². The minimum Gasteiger partial charge on any atom is -0.325 e. The van der Waals surface area contributed by atoms with Crippen LogP contribution < -0.4 is 16.1 Å². The summed E-state index contributed by atoms with van der Waals surface area (Å²) in [5, 5.41) is 6.16. The Labute approximate surface area is 208 Å². The summed E-state index contributed by atoms with van der Waals surface area (Å²) in [5.41, 5.74) is 2.27. The van der Waals surface area contributed by atoms with Gasteiger partial charge in [0.1, 0.15) is 11.4 Å².